The molecule has 0 spiro atoms. The van der Waals surface area contributed by atoms with Gasteiger partial charge in [-0.15, -0.1) is 0 Å². The molecule has 2 aromatic heterocycles. The Balaban J connectivity index is 1.45. The van der Waals surface area contributed by atoms with Crippen molar-refractivity contribution >= 4 is 10.9 Å². The van der Waals surface area contributed by atoms with Gasteiger partial charge in [0.15, 0.2) is 0 Å². The number of nitrogens with one attached hydrogen (secondary N) is 1. The fraction of sp³-hybridized carbons (Fsp3) is 0.200. The molecule has 0 aliphatic heterocycles. The van der Waals surface area contributed by atoms with Crippen molar-refractivity contribution in [1.29, 1.82) is 0 Å². The molecule has 0 aliphatic carbocycles. The van der Waals surface area contributed by atoms with Crippen molar-refractivity contribution in [1.82, 2.24) is 25.0 Å². The van der Waals surface area contributed by atoms with Gasteiger partial charge in [0, 0.05) is 5.56 Å². The summed E-state index contributed by atoms with van der Waals surface area (Å²) in [7, 11) is 1.79. The second-order valence-corrected chi connectivity index (χ2v) is 6.79. The standard InChI is InChI=1S/C20H16F3N5O2/c1-28(10-16-24-15-5-3-2-4-14(15)19(29)25-16)11-17-26-18(27-30-17)12-6-8-13(9-7-12)20(21,22)23/h2-9H,10-11H2,1H3,(H,24,25,29). The molecule has 4 aromatic rings. The molecular formula is C20H16F3N5O2. The molecule has 2 aromatic carbocycles. The van der Waals surface area contributed by atoms with Crippen LogP contribution >= 0.6 is 0 Å². The molecule has 7 nitrogen and oxygen atoms in total. The summed E-state index contributed by atoms with van der Waals surface area (Å²) in [5.74, 6) is 0.976. The summed E-state index contributed by atoms with van der Waals surface area (Å²) in [4.78, 5) is 25.4. The van der Waals surface area contributed by atoms with Crippen LogP contribution in [0.15, 0.2) is 57.8 Å². The van der Waals surface area contributed by atoms with Gasteiger partial charge in [-0.1, -0.05) is 29.4 Å². The Kier molecular flexibility index (Phi) is 5.08. The minimum Gasteiger partial charge on any atom is -0.338 e. The van der Waals surface area contributed by atoms with Gasteiger partial charge in [0.05, 0.1) is 29.6 Å². The number of rotatable bonds is 5. The molecule has 0 fully saturated rings. The number of halogens is 3. The highest BCUT2D eigenvalue weighted by Crippen LogP contribution is 2.30. The molecule has 0 saturated carbocycles. The largest absolute Gasteiger partial charge is 0.416 e. The predicted octanol–water partition coefficient (Wildman–Crippen LogP) is 3.62. The molecule has 0 atom stereocenters. The zero-order valence-corrected chi connectivity index (χ0v) is 15.8. The Morgan fingerprint density at radius 3 is 2.50 bits per heavy atom. The van der Waals surface area contributed by atoms with E-state index < -0.39 is 11.7 Å². The zero-order chi connectivity index (χ0) is 21.3. The van der Waals surface area contributed by atoms with Gasteiger partial charge < -0.3 is 9.51 Å². The lowest BCUT2D eigenvalue weighted by molar-refractivity contribution is -0.137. The maximum atomic E-state index is 12.7. The number of para-hydroxylation sites is 1. The second kappa shape index (κ2) is 7.71. The first-order valence-electron chi connectivity index (χ1n) is 8.96. The maximum absolute atomic E-state index is 12.7. The molecule has 0 aliphatic rings. The Labute approximate surface area is 168 Å². The monoisotopic (exact) mass is 415 g/mol. The molecule has 0 radical (unpaired) electrons. The van der Waals surface area contributed by atoms with Gasteiger partial charge in [0.1, 0.15) is 5.82 Å². The summed E-state index contributed by atoms with van der Waals surface area (Å²) in [6, 6.07) is 11.6. The van der Waals surface area contributed by atoms with Crippen LogP contribution in [0.5, 0.6) is 0 Å². The summed E-state index contributed by atoms with van der Waals surface area (Å²) in [6.45, 7) is 0.599. The molecule has 0 saturated heterocycles. The van der Waals surface area contributed by atoms with E-state index in [0.717, 1.165) is 12.1 Å². The summed E-state index contributed by atoms with van der Waals surface area (Å²) < 4.78 is 43.2. The zero-order valence-electron chi connectivity index (χ0n) is 15.8. The van der Waals surface area contributed by atoms with Crippen molar-refractivity contribution in [2.24, 2.45) is 0 Å². The summed E-state index contributed by atoms with van der Waals surface area (Å²) in [5, 5.41) is 4.34. The predicted molar refractivity (Wildman–Crippen MR) is 102 cm³/mol. The lowest BCUT2D eigenvalue weighted by atomic mass is 10.1. The quantitative estimate of drug-likeness (QED) is 0.536. The van der Waals surface area contributed by atoms with Gasteiger partial charge in [-0.25, -0.2) is 4.98 Å². The smallest absolute Gasteiger partial charge is 0.338 e. The number of hydrogen-bond donors (Lipinski definition) is 1. The molecular weight excluding hydrogens is 399 g/mol. The first-order chi connectivity index (χ1) is 14.3. The number of nitrogens with zero attached hydrogens (tertiary/aromatic N) is 4. The van der Waals surface area contributed by atoms with Crippen molar-refractivity contribution in [2.75, 3.05) is 7.05 Å². The van der Waals surface area contributed by atoms with Crippen molar-refractivity contribution in [3.63, 3.8) is 0 Å². The van der Waals surface area contributed by atoms with Crippen molar-refractivity contribution in [3.05, 3.63) is 76.2 Å². The van der Waals surface area contributed by atoms with Crippen LogP contribution < -0.4 is 5.56 Å². The fourth-order valence-corrected chi connectivity index (χ4v) is 3.00. The van der Waals surface area contributed by atoms with Crippen LogP contribution in [0.1, 0.15) is 17.3 Å². The molecule has 0 amide bonds. The first kappa shape index (κ1) is 19.8. The molecule has 1 N–H and O–H groups in total. The van der Waals surface area contributed by atoms with Crippen molar-refractivity contribution < 1.29 is 17.7 Å². The lowest BCUT2D eigenvalue weighted by Gasteiger charge is -2.13. The van der Waals surface area contributed by atoms with Gasteiger partial charge in [0.25, 0.3) is 5.56 Å². The third-order valence-corrected chi connectivity index (χ3v) is 4.43. The number of H-pyrrole nitrogens is 1. The van der Waals surface area contributed by atoms with Gasteiger partial charge in [0.2, 0.25) is 11.7 Å². The van der Waals surface area contributed by atoms with E-state index in [2.05, 4.69) is 20.1 Å². The molecule has 154 valence electrons. The third kappa shape index (κ3) is 4.23. The maximum Gasteiger partial charge on any atom is 0.416 e. The minimum atomic E-state index is -4.40. The van der Waals surface area contributed by atoms with Crippen LogP contribution in [-0.4, -0.2) is 32.1 Å². The molecule has 0 bridgehead atoms. The van der Waals surface area contributed by atoms with Gasteiger partial charge in [-0.2, -0.15) is 18.2 Å². The van der Waals surface area contributed by atoms with E-state index in [1.807, 2.05) is 11.0 Å². The Hall–Kier alpha value is -3.53. The SMILES string of the molecule is CN(Cc1nc2ccccc2c(=O)[nH]1)Cc1nc(-c2ccc(C(F)(F)F)cc2)no1. The van der Waals surface area contributed by atoms with E-state index in [9.17, 15) is 18.0 Å². The summed E-state index contributed by atoms with van der Waals surface area (Å²) in [6.07, 6.45) is -4.40. The minimum absolute atomic E-state index is 0.198. The highest BCUT2D eigenvalue weighted by atomic mass is 19.4. The second-order valence-electron chi connectivity index (χ2n) is 6.79. The molecule has 10 heteroatoms. The van der Waals surface area contributed by atoms with Crippen LogP contribution in [0.3, 0.4) is 0 Å². The van der Waals surface area contributed by atoms with E-state index in [1.165, 1.54) is 12.1 Å². The highest BCUT2D eigenvalue weighted by Gasteiger charge is 2.30. The van der Waals surface area contributed by atoms with E-state index in [-0.39, 0.29) is 23.8 Å². The average Bonchev–Trinajstić information content (AvgIpc) is 3.16. The number of aromatic amines is 1. The Bertz CT molecular complexity index is 1230. The lowest BCUT2D eigenvalue weighted by Crippen LogP contribution is -2.22. The van der Waals surface area contributed by atoms with Gasteiger partial charge >= 0.3 is 6.18 Å². The van der Waals surface area contributed by atoms with Crippen molar-refractivity contribution in [2.45, 2.75) is 19.3 Å². The van der Waals surface area contributed by atoms with E-state index in [4.69, 9.17) is 4.52 Å². The number of alkyl halides is 3. The van der Waals surface area contributed by atoms with E-state index in [1.54, 1.807) is 25.2 Å². The number of benzene rings is 2. The Morgan fingerprint density at radius 2 is 1.77 bits per heavy atom. The highest BCUT2D eigenvalue weighted by molar-refractivity contribution is 5.77. The van der Waals surface area contributed by atoms with Crippen LogP contribution in [0.4, 0.5) is 13.2 Å². The fourth-order valence-electron chi connectivity index (χ4n) is 3.00. The summed E-state index contributed by atoms with van der Waals surface area (Å²) >= 11 is 0. The van der Waals surface area contributed by atoms with Gasteiger partial charge in [-0.3, -0.25) is 9.69 Å². The number of hydrogen-bond acceptors (Lipinski definition) is 6. The molecule has 2 heterocycles. The van der Waals surface area contributed by atoms with E-state index in [0.29, 0.717) is 28.8 Å². The van der Waals surface area contributed by atoms with Crippen LogP contribution in [-0.2, 0) is 19.3 Å². The third-order valence-electron chi connectivity index (χ3n) is 4.43. The van der Waals surface area contributed by atoms with E-state index >= 15 is 0 Å². The Morgan fingerprint density at radius 1 is 1.03 bits per heavy atom. The molecule has 0 unspecified atom stereocenters. The molecule has 4 rings (SSSR count). The average molecular weight is 415 g/mol. The van der Waals surface area contributed by atoms with Gasteiger partial charge in [-0.05, 0) is 31.3 Å². The normalized spacial score (nSPS) is 12.0. The van der Waals surface area contributed by atoms with Crippen molar-refractivity contribution in [3.8, 4) is 11.4 Å². The number of aromatic nitrogens is 4. The van der Waals surface area contributed by atoms with Crippen LogP contribution in [0.25, 0.3) is 22.3 Å². The van der Waals surface area contributed by atoms with Crippen LogP contribution in [0.2, 0.25) is 0 Å². The van der Waals surface area contributed by atoms with Crippen LogP contribution in [0, 0.1) is 0 Å². The first-order valence-corrected chi connectivity index (χ1v) is 8.96. The molecule has 30 heavy (non-hydrogen) atoms. The summed E-state index contributed by atoms with van der Waals surface area (Å²) in [5.41, 5.74) is 0.0613. The number of fused-ring (bicyclic) bond motifs is 1. The topological polar surface area (TPSA) is 87.9 Å².